The molecular formula is C25H30N4O2. The van der Waals surface area contributed by atoms with Crippen LogP contribution in [0.5, 0.6) is 0 Å². The number of pyridine rings is 1. The van der Waals surface area contributed by atoms with Crippen molar-refractivity contribution in [1.82, 2.24) is 4.98 Å². The highest BCUT2D eigenvalue weighted by Gasteiger charge is 2.44. The van der Waals surface area contributed by atoms with Crippen molar-refractivity contribution in [1.29, 1.82) is 0 Å². The molecule has 2 saturated carbocycles. The van der Waals surface area contributed by atoms with E-state index in [1.165, 1.54) is 25.7 Å². The summed E-state index contributed by atoms with van der Waals surface area (Å²) in [7, 11) is 0. The average Bonchev–Trinajstić information content (AvgIpc) is 3.39. The van der Waals surface area contributed by atoms with Crippen molar-refractivity contribution in [3.05, 3.63) is 42.1 Å². The van der Waals surface area contributed by atoms with Crippen molar-refractivity contribution in [2.75, 3.05) is 41.4 Å². The number of hydrogen-bond donors (Lipinski definition) is 1. The van der Waals surface area contributed by atoms with Crippen LogP contribution in [0.2, 0.25) is 0 Å². The molecule has 2 aliphatic heterocycles. The van der Waals surface area contributed by atoms with E-state index in [1.54, 1.807) is 0 Å². The highest BCUT2D eigenvalue weighted by molar-refractivity contribution is 6.00. The summed E-state index contributed by atoms with van der Waals surface area (Å²) in [6.45, 7) is 3.84. The van der Waals surface area contributed by atoms with Gasteiger partial charge < -0.3 is 19.9 Å². The molecule has 31 heavy (non-hydrogen) atoms. The monoisotopic (exact) mass is 418 g/mol. The van der Waals surface area contributed by atoms with Crippen molar-refractivity contribution in [3.8, 4) is 0 Å². The number of benzene rings is 1. The summed E-state index contributed by atoms with van der Waals surface area (Å²) in [5.41, 5.74) is 4.17. The van der Waals surface area contributed by atoms with Crippen LogP contribution < -0.4 is 15.1 Å². The van der Waals surface area contributed by atoms with Gasteiger partial charge in [0, 0.05) is 36.5 Å². The number of aromatic nitrogens is 1. The number of fused-ring (bicyclic) bond motifs is 3. The fraction of sp³-hybridized carbons (Fsp3) is 0.520. The Balaban J connectivity index is 1.39. The molecule has 1 aromatic heterocycles. The normalized spacial score (nSPS) is 27.2. The molecule has 0 spiro atoms. The summed E-state index contributed by atoms with van der Waals surface area (Å²) in [6, 6.07) is 10.5. The number of nitrogens with one attached hydrogen (secondary N) is 1. The first-order chi connectivity index (χ1) is 15.3. The van der Waals surface area contributed by atoms with Gasteiger partial charge in [-0.25, -0.2) is 4.98 Å². The van der Waals surface area contributed by atoms with Crippen LogP contribution in [-0.2, 0) is 16.1 Å². The summed E-state index contributed by atoms with van der Waals surface area (Å²) in [6.07, 6.45) is 7.87. The molecule has 3 heterocycles. The van der Waals surface area contributed by atoms with Crippen LogP contribution in [0.1, 0.15) is 37.7 Å². The lowest BCUT2D eigenvalue weighted by Crippen LogP contribution is -2.38. The summed E-state index contributed by atoms with van der Waals surface area (Å²) in [4.78, 5) is 23.0. The summed E-state index contributed by atoms with van der Waals surface area (Å²) in [5.74, 6) is 2.64. The molecule has 2 aliphatic carbocycles. The molecule has 0 radical (unpaired) electrons. The van der Waals surface area contributed by atoms with Crippen molar-refractivity contribution in [2.24, 2.45) is 17.8 Å². The molecule has 1 aromatic carbocycles. The molecule has 162 valence electrons. The Hall–Kier alpha value is -2.60. The van der Waals surface area contributed by atoms with E-state index in [0.717, 1.165) is 67.1 Å². The quantitative estimate of drug-likeness (QED) is 0.787. The van der Waals surface area contributed by atoms with Gasteiger partial charge in [-0.3, -0.25) is 4.79 Å². The maximum absolute atomic E-state index is 14.0. The Bertz CT molecular complexity index is 987. The molecular weight excluding hydrogens is 388 g/mol. The molecule has 4 aliphatic rings. The van der Waals surface area contributed by atoms with Gasteiger partial charge in [0.15, 0.2) is 0 Å². The summed E-state index contributed by atoms with van der Waals surface area (Å²) >= 11 is 0. The molecule has 1 N–H and O–H groups in total. The molecule has 2 aromatic rings. The zero-order valence-corrected chi connectivity index (χ0v) is 17.9. The van der Waals surface area contributed by atoms with Gasteiger partial charge >= 0.3 is 0 Å². The predicted molar refractivity (Wildman–Crippen MR) is 122 cm³/mol. The molecule has 6 rings (SSSR count). The standard InChI is InChI=1S/C25H30N4O2/c30-25(21-8-6-17-3-1-5-20(17)21)29-16-18-4-2-10-26-24(18)27-22-9-7-19(15-23(22)29)28-11-13-31-14-12-28/h2,4,7,9-10,15,17,20-21H,1,3,5-6,8,11-14,16H2,(H,26,27)/t17-,20-,21+/m1/s1. The van der Waals surface area contributed by atoms with E-state index in [0.29, 0.717) is 18.4 Å². The van der Waals surface area contributed by atoms with E-state index in [9.17, 15) is 4.79 Å². The fourth-order valence-corrected chi connectivity index (χ4v) is 6.19. The third kappa shape index (κ3) is 3.37. The van der Waals surface area contributed by atoms with Crippen LogP contribution in [0.25, 0.3) is 0 Å². The lowest BCUT2D eigenvalue weighted by atomic mass is 9.90. The van der Waals surface area contributed by atoms with Gasteiger partial charge in [0.25, 0.3) is 0 Å². The highest BCUT2D eigenvalue weighted by Crippen LogP contribution is 2.49. The maximum atomic E-state index is 14.0. The SMILES string of the molecule is O=C([C@H]1CC[C@H]2CCC[C@H]21)N1Cc2cccnc2Nc2ccc(N3CCOCC3)cc21. The number of ether oxygens (including phenoxy) is 1. The highest BCUT2D eigenvalue weighted by atomic mass is 16.5. The van der Waals surface area contributed by atoms with E-state index in [2.05, 4.69) is 39.5 Å². The molecule has 3 fully saturated rings. The number of amides is 1. The lowest BCUT2D eigenvalue weighted by Gasteiger charge is -2.32. The molecule has 1 amide bonds. The number of rotatable bonds is 2. The van der Waals surface area contributed by atoms with Crippen molar-refractivity contribution in [2.45, 2.75) is 38.6 Å². The number of carbonyl (C=O) groups is 1. The number of carbonyl (C=O) groups excluding carboxylic acids is 1. The van der Waals surface area contributed by atoms with E-state index in [1.807, 2.05) is 17.2 Å². The van der Waals surface area contributed by atoms with E-state index >= 15 is 0 Å². The first-order valence-corrected chi connectivity index (χ1v) is 11.8. The summed E-state index contributed by atoms with van der Waals surface area (Å²) in [5, 5.41) is 3.51. The summed E-state index contributed by atoms with van der Waals surface area (Å²) < 4.78 is 5.54. The number of hydrogen-bond acceptors (Lipinski definition) is 5. The van der Waals surface area contributed by atoms with Crippen LogP contribution in [0, 0.1) is 17.8 Å². The molecule has 1 saturated heterocycles. The van der Waals surface area contributed by atoms with Crippen LogP contribution in [-0.4, -0.2) is 37.2 Å². The fourth-order valence-electron chi connectivity index (χ4n) is 6.19. The number of morpholine rings is 1. The number of anilines is 4. The molecule has 3 atom stereocenters. The largest absolute Gasteiger partial charge is 0.378 e. The van der Waals surface area contributed by atoms with Crippen LogP contribution in [0.4, 0.5) is 22.9 Å². The predicted octanol–water partition coefficient (Wildman–Crippen LogP) is 4.33. The van der Waals surface area contributed by atoms with Gasteiger partial charge in [0.2, 0.25) is 5.91 Å². The second-order valence-corrected chi connectivity index (χ2v) is 9.40. The van der Waals surface area contributed by atoms with Crippen molar-refractivity contribution in [3.63, 3.8) is 0 Å². The zero-order valence-electron chi connectivity index (χ0n) is 17.9. The second kappa shape index (κ2) is 7.83. The zero-order chi connectivity index (χ0) is 20.8. The van der Waals surface area contributed by atoms with Gasteiger partial charge in [-0.15, -0.1) is 0 Å². The first kappa shape index (κ1) is 19.1. The lowest BCUT2D eigenvalue weighted by molar-refractivity contribution is -0.123. The van der Waals surface area contributed by atoms with E-state index in [4.69, 9.17) is 4.74 Å². The van der Waals surface area contributed by atoms with Gasteiger partial charge in [-0.1, -0.05) is 18.9 Å². The first-order valence-electron chi connectivity index (χ1n) is 11.8. The van der Waals surface area contributed by atoms with Crippen LogP contribution in [0.15, 0.2) is 36.5 Å². The van der Waals surface area contributed by atoms with Crippen molar-refractivity contribution < 1.29 is 9.53 Å². The smallest absolute Gasteiger partial charge is 0.230 e. The molecule has 0 unspecified atom stereocenters. The molecule has 6 nitrogen and oxygen atoms in total. The number of nitrogens with zero attached hydrogens (tertiary/aromatic N) is 3. The topological polar surface area (TPSA) is 57.7 Å². The Kier molecular flexibility index (Phi) is 4.82. The Labute approximate surface area is 183 Å². The van der Waals surface area contributed by atoms with E-state index in [-0.39, 0.29) is 5.92 Å². The van der Waals surface area contributed by atoms with Crippen LogP contribution >= 0.6 is 0 Å². The maximum Gasteiger partial charge on any atom is 0.230 e. The minimum absolute atomic E-state index is 0.158. The minimum Gasteiger partial charge on any atom is -0.378 e. The molecule has 0 bridgehead atoms. The molecule has 6 heteroatoms. The van der Waals surface area contributed by atoms with Gasteiger partial charge in [0.1, 0.15) is 5.82 Å². The Morgan fingerprint density at radius 3 is 2.90 bits per heavy atom. The van der Waals surface area contributed by atoms with Gasteiger partial charge in [-0.2, -0.15) is 0 Å². The Morgan fingerprint density at radius 1 is 1.10 bits per heavy atom. The Morgan fingerprint density at radius 2 is 2.00 bits per heavy atom. The average molecular weight is 419 g/mol. The second-order valence-electron chi connectivity index (χ2n) is 9.40. The third-order valence-corrected chi connectivity index (χ3v) is 7.79. The van der Waals surface area contributed by atoms with Crippen molar-refractivity contribution >= 4 is 28.8 Å². The van der Waals surface area contributed by atoms with Gasteiger partial charge in [-0.05, 0) is 55.4 Å². The van der Waals surface area contributed by atoms with Crippen LogP contribution in [0.3, 0.4) is 0 Å². The van der Waals surface area contributed by atoms with E-state index < -0.39 is 0 Å². The minimum atomic E-state index is 0.158. The van der Waals surface area contributed by atoms with Gasteiger partial charge in [0.05, 0.1) is 31.1 Å². The third-order valence-electron chi connectivity index (χ3n) is 7.79.